The standard InChI is InChI=1S/C15H22N2O3/c1-4-6-7-8-12(15(16)20)13(5-2)17-11(3)9-10-14(18)19/h5-8,17H,3-4,9-10H2,1-2H3,(H2,16,20)(H,18,19)/b7-6+,12-8+,13-5+. The van der Waals surface area contributed by atoms with Crippen LogP contribution in [-0.2, 0) is 9.59 Å². The maximum absolute atomic E-state index is 11.5. The highest BCUT2D eigenvalue weighted by molar-refractivity contribution is 5.96. The first-order valence-electron chi connectivity index (χ1n) is 6.42. The van der Waals surface area contributed by atoms with Crippen LogP contribution in [0.5, 0.6) is 0 Å². The van der Waals surface area contributed by atoms with Crippen LogP contribution < -0.4 is 11.1 Å². The molecule has 0 unspecified atom stereocenters. The van der Waals surface area contributed by atoms with Gasteiger partial charge in [-0.25, -0.2) is 0 Å². The second-order valence-corrected chi connectivity index (χ2v) is 4.11. The zero-order chi connectivity index (χ0) is 15.5. The van der Waals surface area contributed by atoms with Gasteiger partial charge in [0.2, 0.25) is 0 Å². The van der Waals surface area contributed by atoms with E-state index < -0.39 is 11.9 Å². The zero-order valence-corrected chi connectivity index (χ0v) is 12.0. The third-order valence-electron chi connectivity index (χ3n) is 2.43. The number of hydrogen-bond donors (Lipinski definition) is 3. The normalized spacial score (nSPS) is 12.5. The van der Waals surface area contributed by atoms with Crippen LogP contribution in [0.3, 0.4) is 0 Å². The summed E-state index contributed by atoms with van der Waals surface area (Å²) in [6.07, 6.45) is 8.09. The molecule has 0 bridgehead atoms. The van der Waals surface area contributed by atoms with Crippen molar-refractivity contribution in [3.8, 4) is 0 Å². The second-order valence-electron chi connectivity index (χ2n) is 4.11. The molecule has 0 aliphatic rings. The summed E-state index contributed by atoms with van der Waals surface area (Å²) >= 11 is 0. The van der Waals surface area contributed by atoms with Crippen LogP contribution >= 0.6 is 0 Å². The molecule has 110 valence electrons. The van der Waals surface area contributed by atoms with Gasteiger partial charge in [-0.3, -0.25) is 9.59 Å². The number of carbonyl (C=O) groups excluding carboxylic acids is 1. The van der Waals surface area contributed by atoms with E-state index >= 15 is 0 Å². The summed E-state index contributed by atoms with van der Waals surface area (Å²) in [6.45, 7) is 7.48. The summed E-state index contributed by atoms with van der Waals surface area (Å²) in [6, 6.07) is 0. The Bertz CT molecular complexity index is 460. The topological polar surface area (TPSA) is 92.4 Å². The van der Waals surface area contributed by atoms with Gasteiger partial charge in [0, 0.05) is 11.4 Å². The van der Waals surface area contributed by atoms with Gasteiger partial charge in [0.15, 0.2) is 0 Å². The van der Waals surface area contributed by atoms with Crippen molar-refractivity contribution in [2.45, 2.75) is 33.1 Å². The Morgan fingerprint density at radius 3 is 2.45 bits per heavy atom. The highest BCUT2D eigenvalue weighted by Crippen LogP contribution is 2.11. The predicted octanol–water partition coefficient (Wildman–Crippen LogP) is 2.24. The largest absolute Gasteiger partial charge is 0.481 e. The minimum absolute atomic E-state index is 0.0197. The van der Waals surface area contributed by atoms with Crippen LogP contribution in [0.15, 0.2) is 47.9 Å². The molecule has 20 heavy (non-hydrogen) atoms. The molecule has 0 saturated carbocycles. The third-order valence-corrected chi connectivity index (χ3v) is 2.43. The highest BCUT2D eigenvalue weighted by Gasteiger charge is 2.11. The fourth-order valence-electron chi connectivity index (χ4n) is 1.41. The lowest BCUT2D eigenvalue weighted by atomic mass is 10.1. The number of rotatable bonds is 9. The fourth-order valence-corrected chi connectivity index (χ4v) is 1.41. The van der Waals surface area contributed by atoms with Crippen molar-refractivity contribution in [3.05, 3.63) is 47.9 Å². The number of primary amides is 1. The molecule has 0 atom stereocenters. The molecule has 0 saturated heterocycles. The predicted molar refractivity (Wildman–Crippen MR) is 79.6 cm³/mol. The molecule has 4 N–H and O–H groups in total. The number of hydrogen-bond acceptors (Lipinski definition) is 3. The van der Waals surface area contributed by atoms with Gasteiger partial charge in [-0.1, -0.05) is 31.7 Å². The van der Waals surface area contributed by atoms with Crippen LogP contribution in [0.1, 0.15) is 33.1 Å². The minimum atomic E-state index is -0.897. The van der Waals surface area contributed by atoms with Crippen LogP contribution in [-0.4, -0.2) is 17.0 Å². The van der Waals surface area contributed by atoms with E-state index in [9.17, 15) is 9.59 Å². The summed E-state index contributed by atoms with van der Waals surface area (Å²) < 4.78 is 0. The van der Waals surface area contributed by atoms with Crippen molar-refractivity contribution >= 4 is 11.9 Å². The van der Waals surface area contributed by atoms with Gasteiger partial charge in [0.25, 0.3) is 5.91 Å². The Balaban J connectivity index is 4.90. The minimum Gasteiger partial charge on any atom is -0.481 e. The van der Waals surface area contributed by atoms with Crippen molar-refractivity contribution in [1.82, 2.24) is 5.32 Å². The molecule has 5 nitrogen and oxygen atoms in total. The second kappa shape index (κ2) is 9.61. The molecule has 1 amide bonds. The van der Waals surface area contributed by atoms with Gasteiger partial charge in [-0.15, -0.1) is 0 Å². The third kappa shape index (κ3) is 7.20. The van der Waals surface area contributed by atoms with Crippen LogP contribution in [0.25, 0.3) is 0 Å². The Morgan fingerprint density at radius 1 is 1.35 bits per heavy atom. The molecule has 0 aromatic carbocycles. The van der Waals surface area contributed by atoms with E-state index in [2.05, 4.69) is 11.9 Å². The molecular weight excluding hydrogens is 256 g/mol. The molecule has 0 aromatic rings. The van der Waals surface area contributed by atoms with E-state index in [-0.39, 0.29) is 12.8 Å². The average Bonchev–Trinajstić information content (AvgIpc) is 2.39. The number of carbonyl (C=O) groups is 2. The van der Waals surface area contributed by atoms with Crippen LogP contribution in [0.2, 0.25) is 0 Å². The van der Waals surface area contributed by atoms with E-state index in [1.165, 1.54) is 0 Å². The first kappa shape index (κ1) is 17.7. The molecule has 0 aromatic heterocycles. The van der Waals surface area contributed by atoms with Gasteiger partial charge in [0.05, 0.1) is 12.0 Å². The van der Waals surface area contributed by atoms with E-state index in [0.29, 0.717) is 17.0 Å². The maximum Gasteiger partial charge on any atom is 0.303 e. The van der Waals surface area contributed by atoms with Gasteiger partial charge < -0.3 is 16.2 Å². The van der Waals surface area contributed by atoms with Gasteiger partial charge in [0.1, 0.15) is 0 Å². The van der Waals surface area contributed by atoms with Crippen LogP contribution in [0, 0.1) is 0 Å². The van der Waals surface area contributed by atoms with E-state index in [4.69, 9.17) is 10.8 Å². The Kier molecular flexibility index (Phi) is 8.50. The van der Waals surface area contributed by atoms with Crippen LogP contribution in [0.4, 0.5) is 0 Å². The van der Waals surface area contributed by atoms with Crippen molar-refractivity contribution in [1.29, 1.82) is 0 Å². The molecule has 0 fully saturated rings. The number of aliphatic carboxylic acids is 1. The maximum atomic E-state index is 11.5. The number of nitrogens with one attached hydrogen (secondary N) is 1. The van der Waals surface area contributed by atoms with Crippen molar-refractivity contribution < 1.29 is 14.7 Å². The average molecular weight is 278 g/mol. The lowest BCUT2D eigenvalue weighted by molar-refractivity contribution is -0.137. The molecule has 0 aliphatic carbocycles. The Morgan fingerprint density at radius 2 is 2.00 bits per heavy atom. The number of nitrogens with two attached hydrogens (primary N) is 1. The fraction of sp³-hybridized carbons (Fsp3) is 0.333. The lowest BCUT2D eigenvalue weighted by Gasteiger charge is -2.13. The van der Waals surface area contributed by atoms with Gasteiger partial charge in [-0.05, 0) is 25.8 Å². The molecule has 0 aliphatic heterocycles. The lowest BCUT2D eigenvalue weighted by Crippen LogP contribution is -2.23. The SMILES string of the molecule is C=C(CCC(=O)O)NC(=C/C)/C(=C\C=C\CC)C(N)=O. The quantitative estimate of drug-likeness (QED) is 0.445. The van der Waals surface area contributed by atoms with Gasteiger partial charge in [-0.2, -0.15) is 0 Å². The molecular formula is C15H22N2O3. The molecule has 0 heterocycles. The zero-order valence-electron chi connectivity index (χ0n) is 12.0. The summed E-state index contributed by atoms with van der Waals surface area (Å²) in [5.41, 5.74) is 6.72. The monoisotopic (exact) mass is 278 g/mol. The van der Waals surface area contributed by atoms with Crippen molar-refractivity contribution in [2.24, 2.45) is 5.73 Å². The molecule has 5 heteroatoms. The number of amides is 1. The Hall–Kier alpha value is -2.30. The van der Waals surface area contributed by atoms with E-state index in [0.717, 1.165) is 6.42 Å². The molecule has 0 spiro atoms. The highest BCUT2D eigenvalue weighted by atomic mass is 16.4. The summed E-state index contributed by atoms with van der Waals surface area (Å²) in [5, 5.41) is 11.5. The molecule has 0 rings (SSSR count). The summed E-state index contributed by atoms with van der Waals surface area (Å²) in [5.74, 6) is -1.45. The van der Waals surface area contributed by atoms with E-state index in [1.54, 1.807) is 25.2 Å². The summed E-state index contributed by atoms with van der Waals surface area (Å²) in [7, 11) is 0. The smallest absolute Gasteiger partial charge is 0.303 e. The van der Waals surface area contributed by atoms with Crippen molar-refractivity contribution in [2.75, 3.05) is 0 Å². The Labute approximate surface area is 119 Å². The van der Waals surface area contributed by atoms with Gasteiger partial charge >= 0.3 is 5.97 Å². The first-order valence-corrected chi connectivity index (χ1v) is 6.42. The number of allylic oxidation sites excluding steroid dienone is 5. The van der Waals surface area contributed by atoms with Crippen molar-refractivity contribution in [3.63, 3.8) is 0 Å². The number of carboxylic acid groups (broad SMARTS) is 1. The molecule has 0 radical (unpaired) electrons. The first-order chi connectivity index (χ1) is 9.42. The number of carboxylic acids is 1. The summed E-state index contributed by atoms with van der Waals surface area (Å²) in [4.78, 5) is 22.0. The van der Waals surface area contributed by atoms with E-state index in [1.807, 2.05) is 13.0 Å².